The lowest BCUT2D eigenvalue weighted by Gasteiger charge is -2.28. The van der Waals surface area contributed by atoms with E-state index >= 15 is 0 Å². The van der Waals surface area contributed by atoms with Gasteiger partial charge in [-0.3, -0.25) is 4.79 Å². The summed E-state index contributed by atoms with van der Waals surface area (Å²) in [5, 5.41) is 15.1. The summed E-state index contributed by atoms with van der Waals surface area (Å²) in [7, 11) is 0. The zero-order valence-corrected chi connectivity index (χ0v) is 11.6. The molecule has 0 aliphatic heterocycles. The van der Waals surface area contributed by atoms with Gasteiger partial charge in [-0.2, -0.15) is 0 Å². The average molecular weight is 268 g/mol. The quantitative estimate of drug-likeness (QED) is 0.731. The molecule has 2 fully saturated rings. The van der Waals surface area contributed by atoms with Crippen molar-refractivity contribution in [1.82, 2.24) is 10.6 Å². The zero-order valence-electron chi connectivity index (χ0n) is 11.6. The summed E-state index contributed by atoms with van der Waals surface area (Å²) in [6.07, 6.45) is 7.51. The molecule has 0 aromatic carbocycles. The minimum Gasteiger partial charge on any atom is -0.481 e. The second-order valence-electron chi connectivity index (χ2n) is 6.37. The largest absolute Gasteiger partial charge is 0.481 e. The van der Waals surface area contributed by atoms with Crippen LogP contribution in [0.4, 0.5) is 4.79 Å². The Morgan fingerprint density at radius 3 is 2.11 bits per heavy atom. The van der Waals surface area contributed by atoms with Crippen molar-refractivity contribution in [3.63, 3.8) is 0 Å². The lowest BCUT2D eigenvalue weighted by atomic mass is 9.86. The van der Waals surface area contributed by atoms with Crippen molar-refractivity contribution in [3.8, 4) is 0 Å². The number of amides is 2. The number of urea groups is 1. The zero-order chi connectivity index (χ0) is 13.9. The molecule has 5 heteroatoms. The highest BCUT2D eigenvalue weighted by molar-refractivity contribution is 5.78. The summed E-state index contributed by atoms with van der Waals surface area (Å²) in [5.74, 6) is -0.780. The van der Waals surface area contributed by atoms with Crippen LogP contribution in [-0.4, -0.2) is 29.2 Å². The van der Waals surface area contributed by atoms with Gasteiger partial charge in [0, 0.05) is 12.1 Å². The van der Waals surface area contributed by atoms with Crippen LogP contribution in [0.15, 0.2) is 0 Å². The van der Waals surface area contributed by atoms with E-state index in [1.54, 1.807) is 0 Å². The molecule has 0 saturated heterocycles. The summed E-state index contributed by atoms with van der Waals surface area (Å²) in [4.78, 5) is 23.3. The van der Waals surface area contributed by atoms with Crippen molar-refractivity contribution in [2.75, 3.05) is 6.54 Å². The molecule has 0 bridgehead atoms. The predicted molar refractivity (Wildman–Crippen MR) is 71.9 cm³/mol. The first-order chi connectivity index (χ1) is 8.96. The smallest absolute Gasteiger partial charge is 0.315 e. The summed E-state index contributed by atoms with van der Waals surface area (Å²) in [5.41, 5.74) is -0.857. The maximum absolute atomic E-state index is 11.9. The molecule has 0 atom stereocenters. The van der Waals surface area contributed by atoms with E-state index in [1.807, 2.05) is 0 Å². The number of carboxylic acids is 1. The van der Waals surface area contributed by atoms with Gasteiger partial charge in [0.25, 0.3) is 0 Å². The number of hydrogen-bond acceptors (Lipinski definition) is 2. The fraction of sp³-hybridized carbons (Fsp3) is 0.857. The van der Waals surface area contributed by atoms with E-state index in [2.05, 4.69) is 17.6 Å². The van der Waals surface area contributed by atoms with Crippen LogP contribution in [0.25, 0.3) is 0 Å². The molecule has 2 amide bonds. The lowest BCUT2D eigenvalue weighted by Crippen LogP contribution is -2.51. The average Bonchev–Trinajstić information content (AvgIpc) is 2.96. The summed E-state index contributed by atoms with van der Waals surface area (Å²) in [6.45, 7) is 2.30. The molecule has 0 spiro atoms. The summed E-state index contributed by atoms with van der Waals surface area (Å²) in [6, 6.07) is -0.225. The molecule has 0 aromatic rings. The molecule has 0 radical (unpaired) electrons. The fourth-order valence-electron chi connectivity index (χ4n) is 3.37. The van der Waals surface area contributed by atoms with E-state index in [-0.39, 0.29) is 18.1 Å². The third-order valence-electron chi connectivity index (χ3n) is 4.72. The van der Waals surface area contributed by atoms with Crippen molar-refractivity contribution in [2.45, 2.75) is 63.8 Å². The van der Waals surface area contributed by atoms with Crippen LogP contribution in [0.5, 0.6) is 0 Å². The van der Waals surface area contributed by atoms with Crippen LogP contribution < -0.4 is 10.6 Å². The van der Waals surface area contributed by atoms with Crippen molar-refractivity contribution >= 4 is 12.0 Å². The highest BCUT2D eigenvalue weighted by atomic mass is 16.4. The maximum Gasteiger partial charge on any atom is 0.315 e. The first-order valence-electron chi connectivity index (χ1n) is 7.25. The molecule has 0 aromatic heterocycles. The molecule has 5 nitrogen and oxygen atoms in total. The number of carbonyl (C=O) groups excluding carboxylic acids is 1. The van der Waals surface area contributed by atoms with Crippen LogP contribution in [0.3, 0.4) is 0 Å². The molecular weight excluding hydrogens is 244 g/mol. The van der Waals surface area contributed by atoms with Crippen molar-refractivity contribution < 1.29 is 14.7 Å². The Labute approximate surface area is 114 Å². The minimum absolute atomic E-state index is 0.115. The number of carbonyl (C=O) groups is 2. The van der Waals surface area contributed by atoms with Gasteiger partial charge in [-0.1, -0.05) is 25.7 Å². The first kappa shape index (κ1) is 14.2. The molecule has 2 aliphatic carbocycles. The Hall–Kier alpha value is -1.26. The minimum atomic E-state index is -0.780. The van der Waals surface area contributed by atoms with Crippen LogP contribution in [0.2, 0.25) is 0 Å². The first-order valence-corrected chi connectivity index (χ1v) is 7.25. The van der Waals surface area contributed by atoms with Gasteiger partial charge in [0.05, 0.1) is 5.41 Å². The topological polar surface area (TPSA) is 78.4 Å². The number of nitrogens with one attached hydrogen (secondary N) is 2. The van der Waals surface area contributed by atoms with Gasteiger partial charge in [0.15, 0.2) is 0 Å². The standard InChI is InChI=1S/C14H24N2O3/c1-13(6-2-3-7-13)16-12(19)15-10-14(11(17)18)8-4-5-9-14/h2-10H2,1H3,(H,17,18)(H2,15,16,19). The molecular formula is C14H24N2O3. The summed E-state index contributed by atoms with van der Waals surface area (Å²) < 4.78 is 0. The van der Waals surface area contributed by atoms with Gasteiger partial charge in [-0.05, 0) is 32.6 Å². The third-order valence-corrected chi connectivity index (χ3v) is 4.72. The number of aliphatic carboxylic acids is 1. The number of rotatable bonds is 4. The maximum atomic E-state index is 11.9. The molecule has 0 unspecified atom stereocenters. The van der Waals surface area contributed by atoms with Crippen LogP contribution >= 0.6 is 0 Å². The highest BCUT2D eigenvalue weighted by Gasteiger charge is 2.41. The molecule has 2 saturated carbocycles. The third kappa shape index (κ3) is 3.19. The van der Waals surface area contributed by atoms with Crippen molar-refractivity contribution in [1.29, 1.82) is 0 Å². The van der Waals surface area contributed by atoms with Gasteiger partial charge in [0.1, 0.15) is 0 Å². The van der Waals surface area contributed by atoms with Crippen molar-refractivity contribution in [2.24, 2.45) is 5.41 Å². The van der Waals surface area contributed by atoms with Crippen LogP contribution in [-0.2, 0) is 4.79 Å². The second kappa shape index (κ2) is 5.39. The number of hydrogen-bond donors (Lipinski definition) is 3. The van der Waals surface area contributed by atoms with Gasteiger partial charge >= 0.3 is 12.0 Å². The van der Waals surface area contributed by atoms with E-state index < -0.39 is 11.4 Å². The molecule has 2 rings (SSSR count). The molecule has 0 heterocycles. The van der Waals surface area contributed by atoms with E-state index in [0.29, 0.717) is 12.8 Å². The van der Waals surface area contributed by atoms with Crippen LogP contribution in [0, 0.1) is 5.41 Å². The molecule has 19 heavy (non-hydrogen) atoms. The highest BCUT2D eigenvalue weighted by Crippen LogP contribution is 2.37. The van der Waals surface area contributed by atoms with E-state index in [0.717, 1.165) is 38.5 Å². The molecule has 2 aliphatic rings. The predicted octanol–water partition coefficient (Wildman–Crippen LogP) is 2.26. The van der Waals surface area contributed by atoms with E-state index in [9.17, 15) is 14.7 Å². The SMILES string of the molecule is CC1(NC(=O)NCC2(C(=O)O)CCCC2)CCCC1. The second-order valence-corrected chi connectivity index (χ2v) is 6.37. The summed E-state index contributed by atoms with van der Waals surface area (Å²) >= 11 is 0. The van der Waals surface area contributed by atoms with Gasteiger partial charge in [0.2, 0.25) is 0 Å². The Morgan fingerprint density at radius 1 is 1.05 bits per heavy atom. The Balaban J connectivity index is 1.84. The van der Waals surface area contributed by atoms with Gasteiger partial charge in [-0.25, -0.2) is 4.79 Å². The number of carboxylic acid groups (broad SMARTS) is 1. The Bertz CT molecular complexity index is 356. The van der Waals surface area contributed by atoms with Crippen LogP contribution in [0.1, 0.15) is 58.3 Å². The van der Waals surface area contributed by atoms with Crippen molar-refractivity contribution in [3.05, 3.63) is 0 Å². The normalized spacial score (nSPS) is 24.1. The monoisotopic (exact) mass is 268 g/mol. The van der Waals surface area contributed by atoms with Gasteiger partial charge in [-0.15, -0.1) is 0 Å². The Kier molecular flexibility index (Phi) is 4.02. The molecule has 3 N–H and O–H groups in total. The Morgan fingerprint density at radius 2 is 1.58 bits per heavy atom. The van der Waals surface area contributed by atoms with Gasteiger partial charge < -0.3 is 15.7 Å². The molecule has 108 valence electrons. The lowest BCUT2D eigenvalue weighted by molar-refractivity contribution is -0.148. The van der Waals surface area contributed by atoms with E-state index in [4.69, 9.17) is 0 Å². The fourth-order valence-corrected chi connectivity index (χ4v) is 3.37. The van der Waals surface area contributed by atoms with E-state index in [1.165, 1.54) is 0 Å².